The van der Waals surface area contributed by atoms with Crippen molar-refractivity contribution in [2.45, 2.75) is 52.1 Å². The molecule has 0 bridgehead atoms. The lowest BCUT2D eigenvalue weighted by molar-refractivity contribution is -0.0802. The van der Waals surface area contributed by atoms with Crippen LogP contribution in [0.15, 0.2) is 0 Å². The first-order valence-electron chi connectivity index (χ1n) is 5.32. The van der Waals surface area contributed by atoms with Crippen molar-refractivity contribution in [3.05, 3.63) is 0 Å². The summed E-state index contributed by atoms with van der Waals surface area (Å²) in [7, 11) is 0. The number of ether oxygens (including phenoxy) is 1. The SMILES string of the molecule is CCCOCC1(C)CCCC1(C)O. The first-order chi connectivity index (χ1) is 6.02. The highest BCUT2D eigenvalue weighted by Gasteiger charge is 2.47. The smallest absolute Gasteiger partial charge is 0.0695 e. The Balaban J connectivity index is 2.45. The van der Waals surface area contributed by atoms with Gasteiger partial charge in [0.1, 0.15) is 0 Å². The lowest BCUT2D eigenvalue weighted by Crippen LogP contribution is -2.42. The molecular weight excluding hydrogens is 164 g/mol. The Hall–Kier alpha value is -0.0800. The second-order valence-corrected chi connectivity index (χ2v) is 4.74. The molecule has 13 heavy (non-hydrogen) atoms. The van der Waals surface area contributed by atoms with Gasteiger partial charge in [0.25, 0.3) is 0 Å². The Labute approximate surface area is 81.3 Å². The standard InChI is InChI=1S/C11H22O2/c1-4-8-13-9-10(2)6-5-7-11(10,3)12/h12H,4-9H2,1-3H3. The fraction of sp³-hybridized carbons (Fsp3) is 1.00. The zero-order valence-corrected chi connectivity index (χ0v) is 9.10. The molecule has 0 spiro atoms. The molecule has 0 amide bonds. The van der Waals surface area contributed by atoms with Gasteiger partial charge in [0.15, 0.2) is 0 Å². The van der Waals surface area contributed by atoms with Crippen molar-refractivity contribution in [1.29, 1.82) is 0 Å². The zero-order valence-electron chi connectivity index (χ0n) is 9.10. The molecule has 0 aliphatic heterocycles. The molecule has 2 atom stereocenters. The third-order valence-electron chi connectivity index (χ3n) is 3.46. The van der Waals surface area contributed by atoms with E-state index in [9.17, 15) is 5.11 Å². The predicted octanol–water partition coefficient (Wildman–Crippen LogP) is 2.35. The van der Waals surface area contributed by atoms with Crippen LogP contribution in [0.5, 0.6) is 0 Å². The largest absolute Gasteiger partial charge is 0.390 e. The van der Waals surface area contributed by atoms with Crippen molar-refractivity contribution in [3.63, 3.8) is 0 Å². The summed E-state index contributed by atoms with van der Waals surface area (Å²) in [4.78, 5) is 0. The van der Waals surface area contributed by atoms with Gasteiger partial charge in [0.2, 0.25) is 0 Å². The first kappa shape index (κ1) is 11.0. The Kier molecular flexibility index (Phi) is 3.36. The van der Waals surface area contributed by atoms with Crippen molar-refractivity contribution in [3.8, 4) is 0 Å². The highest BCUT2D eigenvalue weighted by atomic mass is 16.5. The highest BCUT2D eigenvalue weighted by molar-refractivity contribution is 4.98. The number of rotatable bonds is 4. The van der Waals surface area contributed by atoms with Gasteiger partial charge in [0.05, 0.1) is 12.2 Å². The third-order valence-corrected chi connectivity index (χ3v) is 3.46. The summed E-state index contributed by atoms with van der Waals surface area (Å²) in [6, 6.07) is 0. The number of hydrogen-bond donors (Lipinski definition) is 1. The van der Waals surface area contributed by atoms with Gasteiger partial charge < -0.3 is 9.84 Å². The lowest BCUT2D eigenvalue weighted by Gasteiger charge is -2.36. The molecular formula is C11H22O2. The van der Waals surface area contributed by atoms with E-state index in [-0.39, 0.29) is 5.41 Å². The topological polar surface area (TPSA) is 29.5 Å². The Morgan fingerprint density at radius 2 is 2.00 bits per heavy atom. The van der Waals surface area contributed by atoms with Crippen LogP contribution in [0.1, 0.15) is 46.5 Å². The molecule has 1 fully saturated rings. The van der Waals surface area contributed by atoms with E-state index in [0.29, 0.717) is 6.61 Å². The predicted molar refractivity (Wildman–Crippen MR) is 53.7 cm³/mol. The van der Waals surface area contributed by atoms with Crippen molar-refractivity contribution in [2.24, 2.45) is 5.41 Å². The van der Waals surface area contributed by atoms with E-state index >= 15 is 0 Å². The Morgan fingerprint density at radius 1 is 1.31 bits per heavy atom. The van der Waals surface area contributed by atoms with Gasteiger partial charge in [-0.05, 0) is 32.6 Å². The van der Waals surface area contributed by atoms with Gasteiger partial charge in [-0.25, -0.2) is 0 Å². The first-order valence-corrected chi connectivity index (χ1v) is 5.32. The molecule has 78 valence electrons. The van der Waals surface area contributed by atoms with Crippen molar-refractivity contribution in [1.82, 2.24) is 0 Å². The van der Waals surface area contributed by atoms with E-state index in [2.05, 4.69) is 13.8 Å². The average Bonchev–Trinajstić information content (AvgIpc) is 2.28. The van der Waals surface area contributed by atoms with Crippen LogP contribution in [0, 0.1) is 5.41 Å². The van der Waals surface area contributed by atoms with Gasteiger partial charge in [-0.1, -0.05) is 13.8 Å². The van der Waals surface area contributed by atoms with E-state index in [1.54, 1.807) is 0 Å². The van der Waals surface area contributed by atoms with E-state index < -0.39 is 5.60 Å². The second kappa shape index (κ2) is 3.97. The lowest BCUT2D eigenvalue weighted by atomic mass is 9.78. The van der Waals surface area contributed by atoms with Crippen LogP contribution in [0.4, 0.5) is 0 Å². The van der Waals surface area contributed by atoms with Crippen LogP contribution in [0.3, 0.4) is 0 Å². The molecule has 0 saturated heterocycles. The van der Waals surface area contributed by atoms with Crippen LogP contribution in [-0.4, -0.2) is 23.9 Å². The van der Waals surface area contributed by atoms with Crippen LogP contribution in [-0.2, 0) is 4.74 Å². The maximum Gasteiger partial charge on any atom is 0.0695 e. The molecule has 0 aromatic rings. The van der Waals surface area contributed by atoms with Gasteiger partial charge in [-0.2, -0.15) is 0 Å². The fourth-order valence-electron chi connectivity index (χ4n) is 2.06. The molecule has 1 rings (SSSR count). The molecule has 2 heteroatoms. The molecule has 0 aromatic carbocycles. The van der Waals surface area contributed by atoms with E-state index in [1.807, 2.05) is 6.92 Å². The summed E-state index contributed by atoms with van der Waals surface area (Å²) in [5.74, 6) is 0. The summed E-state index contributed by atoms with van der Waals surface area (Å²) in [6.45, 7) is 7.69. The molecule has 1 saturated carbocycles. The minimum atomic E-state index is -0.527. The molecule has 0 radical (unpaired) electrons. The molecule has 0 aromatic heterocycles. The molecule has 2 nitrogen and oxygen atoms in total. The molecule has 0 heterocycles. The summed E-state index contributed by atoms with van der Waals surface area (Å²) in [5.41, 5.74) is -0.553. The molecule has 2 unspecified atom stereocenters. The van der Waals surface area contributed by atoms with Crippen LogP contribution < -0.4 is 0 Å². The Bertz CT molecular complexity index is 165. The van der Waals surface area contributed by atoms with E-state index in [0.717, 1.165) is 32.3 Å². The van der Waals surface area contributed by atoms with E-state index in [1.165, 1.54) is 0 Å². The minimum Gasteiger partial charge on any atom is -0.390 e. The summed E-state index contributed by atoms with van der Waals surface area (Å²) >= 11 is 0. The summed E-state index contributed by atoms with van der Waals surface area (Å²) < 4.78 is 5.55. The fourth-order valence-corrected chi connectivity index (χ4v) is 2.06. The quantitative estimate of drug-likeness (QED) is 0.683. The van der Waals surface area contributed by atoms with Crippen LogP contribution in [0.2, 0.25) is 0 Å². The normalized spacial score (nSPS) is 39.7. The van der Waals surface area contributed by atoms with Gasteiger partial charge in [-0.15, -0.1) is 0 Å². The van der Waals surface area contributed by atoms with E-state index in [4.69, 9.17) is 4.74 Å². The highest BCUT2D eigenvalue weighted by Crippen LogP contribution is 2.46. The van der Waals surface area contributed by atoms with Crippen LogP contribution in [0.25, 0.3) is 0 Å². The number of hydrogen-bond acceptors (Lipinski definition) is 2. The van der Waals surface area contributed by atoms with Crippen molar-refractivity contribution >= 4 is 0 Å². The summed E-state index contributed by atoms with van der Waals surface area (Å²) in [5, 5.41) is 10.1. The second-order valence-electron chi connectivity index (χ2n) is 4.74. The van der Waals surface area contributed by atoms with Gasteiger partial charge in [-0.3, -0.25) is 0 Å². The average molecular weight is 186 g/mol. The van der Waals surface area contributed by atoms with Crippen LogP contribution >= 0.6 is 0 Å². The van der Waals surface area contributed by atoms with Gasteiger partial charge >= 0.3 is 0 Å². The maximum absolute atomic E-state index is 10.1. The third kappa shape index (κ3) is 2.23. The molecule has 1 aliphatic carbocycles. The van der Waals surface area contributed by atoms with Crippen molar-refractivity contribution < 1.29 is 9.84 Å². The summed E-state index contributed by atoms with van der Waals surface area (Å²) in [6.07, 6.45) is 4.18. The Morgan fingerprint density at radius 3 is 2.46 bits per heavy atom. The minimum absolute atomic E-state index is 0.0256. The molecule has 1 aliphatic rings. The maximum atomic E-state index is 10.1. The van der Waals surface area contributed by atoms with Crippen molar-refractivity contribution in [2.75, 3.05) is 13.2 Å². The molecule has 1 N–H and O–H groups in total. The monoisotopic (exact) mass is 186 g/mol. The zero-order chi connectivity index (χ0) is 9.95. The number of aliphatic hydroxyl groups is 1. The van der Waals surface area contributed by atoms with Gasteiger partial charge in [0, 0.05) is 12.0 Å².